The summed E-state index contributed by atoms with van der Waals surface area (Å²) >= 11 is 3.46. The molecule has 0 aliphatic carbocycles. The molecule has 36 heavy (non-hydrogen) atoms. The standard InChI is InChI=1S/C29H25N5S2/c1-18(2)34-15-13-24-28(34)25(12-14-30-24)36-21-10-8-20(9-11-21)31-29-23-7-5-4-6-22(23)27(32-33-29)26-16-19(3)17-35-26/h4-18H,1-3H3,(H,31,33). The van der Waals surface area contributed by atoms with Crippen LogP contribution in [0.2, 0.25) is 0 Å². The van der Waals surface area contributed by atoms with Crippen molar-refractivity contribution < 1.29 is 0 Å². The molecule has 0 saturated carbocycles. The number of nitrogens with zero attached hydrogens (tertiary/aromatic N) is 4. The number of nitrogens with one attached hydrogen (secondary N) is 1. The van der Waals surface area contributed by atoms with Crippen LogP contribution in [0.4, 0.5) is 11.5 Å². The molecule has 178 valence electrons. The molecule has 1 N–H and O–H groups in total. The van der Waals surface area contributed by atoms with Crippen molar-refractivity contribution in [2.75, 3.05) is 5.32 Å². The molecule has 0 aliphatic rings. The van der Waals surface area contributed by atoms with E-state index in [9.17, 15) is 0 Å². The molecule has 0 amide bonds. The number of aryl methyl sites for hydroxylation is 1. The second kappa shape index (κ2) is 9.41. The van der Waals surface area contributed by atoms with E-state index in [1.54, 1.807) is 23.1 Å². The van der Waals surface area contributed by atoms with E-state index in [0.29, 0.717) is 6.04 Å². The van der Waals surface area contributed by atoms with Crippen LogP contribution < -0.4 is 5.32 Å². The molecule has 0 spiro atoms. The minimum absolute atomic E-state index is 0.379. The average molecular weight is 508 g/mol. The number of aromatic nitrogens is 4. The van der Waals surface area contributed by atoms with Crippen LogP contribution in [0.5, 0.6) is 0 Å². The summed E-state index contributed by atoms with van der Waals surface area (Å²) in [6.07, 6.45) is 4.01. The minimum atomic E-state index is 0.379. The third-order valence-corrected chi connectivity index (χ3v) is 8.23. The van der Waals surface area contributed by atoms with Gasteiger partial charge in [-0.2, -0.15) is 0 Å². The maximum absolute atomic E-state index is 4.59. The number of pyridine rings is 1. The molecular formula is C29H25N5S2. The SMILES string of the molecule is Cc1csc(-c2nnc(Nc3ccc(Sc4ccnc5ccn(C(C)C)c45)cc3)c3ccccc23)c1. The van der Waals surface area contributed by atoms with Gasteiger partial charge in [0.25, 0.3) is 0 Å². The smallest absolute Gasteiger partial charge is 0.161 e. The lowest BCUT2D eigenvalue weighted by atomic mass is 10.1. The van der Waals surface area contributed by atoms with Gasteiger partial charge in [-0.3, -0.25) is 4.98 Å². The molecule has 0 radical (unpaired) electrons. The Morgan fingerprint density at radius 1 is 0.944 bits per heavy atom. The number of hydrogen-bond donors (Lipinski definition) is 1. The monoisotopic (exact) mass is 507 g/mol. The summed E-state index contributed by atoms with van der Waals surface area (Å²) < 4.78 is 2.28. The van der Waals surface area contributed by atoms with Crippen molar-refractivity contribution in [1.82, 2.24) is 19.7 Å². The first-order valence-corrected chi connectivity index (χ1v) is 13.6. The maximum Gasteiger partial charge on any atom is 0.161 e. The highest BCUT2D eigenvalue weighted by Gasteiger charge is 2.14. The van der Waals surface area contributed by atoms with Gasteiger partial charge in [0.1, 0.15) is 5.69 Å². The molecule has 2 aromatic carbocycles. The Kier molecular flexibility index (Phi) is 5.95. The van der Waals surface area contributed by atoms with Gasteiger partial charge in [-0.1, -0.05) is 36.0 Å². The maximum atomic E-state index is 4.59. The molecule has 6 rings (SSSR count). The van der Waals surface area contributed by atoms with Gasteiger partial charge in [-0.05, 0) is 74.2 Å². The third-order valence-electron chi connectivity index (χ3n) is 6.12. The van der Waals surface area contributed by atoms with Crippen molar-refractivity contribution in [1.29, 1.82) is 0 Å². The van der Waals surface area contributed by atoms with Gasteiger partial charge in [0.2, 0.25) is 0 Å². The first-order chi connectivity index (χ1) is 17.6. The van der Waals surface area contributed by atoms with Crippen LogP contribution in [-0.4, -0.2) is 19.7 Å². The quantitative estimate of drug-likeness (QED) is 0.245. The molecule has 0 aliphatic heterocycles. The fraction of sp³-hybridized carbons (Fsp3) is 0.138. The Hall–Kier alpha value is -3.68. The lowest BCUT2D eigenvalue weighted by Crippen LogP contribution is -1.99. The molecule has 0 fully saturated rings. The third kappa shape index (κ3) is 4.25. The van der Waals surface area contributed by atoms with Gasteiger partial charge >= 0.3 is 0 Å². The Balaban J connectivity index is 1.28. The van der Waals surface area contributed by atoms with Crippen LogP contribution in [-0.2, 0) is 0 Å². The van der Waals surface area contributed by atoms with E-state index in [-0.39, 0.29) is 0 Å². The minimum Gasteiger partial charge on any atom is -0.343 e. The highest BCUT2D eigenvalue weighted by molar-refractivity contribution is 7.99. The van der Waals surface area contributed by atoms with Gasteiger partial charge in [0.15, 0.2) is 5.82 Å². The zero-order chi connectivity index (χ0) is 24.6. The van der Waals surface area contributed by atoms with E-state index in [0.717, 1.165) is 38.4 Å². The van der Waals surface area contributed by atoms with E-state index >= 15 is 0 Å². The molecule has 0 bridgehead atoms. The van der Waals surface area contributed by atoms with Crippen molar-refractivity contribution in [3.63, 3.8) is 0 Å². The van der Waals surface area contributed by atoms with Crippen molar-refractivity contribution in [3.05, 3.63) is 90.1 Å². The molecular weight excluding hydrogens is 482 g/mol. The van der Waals surface area contributed by atoms with Gasteiger partial charge in [-0.25, -0.2) is 0 Å². The molecule has 0 atom stereocenters. The van der Waals surface area contributed by atoms with E-state index in [4.69, 9.17) is 0 Å². The van der Waals surface area contributed by atoms with E-state index in [1.807, 2.05) is 12.3 Å². The average Bonchev–Trinajstić information content (AvgIpc) is 3.52. The van der Waals surface area contributed by atoms with Crippen LogP contribution in [0.15, 0.2) is 94.3 Å². The second-order valence-electron chi connectivity index (χ2n) is 9.04. The van der Waals surface area contributed by atoms with Crippen molar-refractivity contribution >= 4 is 56.4 Å². The topological polar surface area (TPSA) is 55.6 Å². The first-order valence-electron chi connectivity index (χ1n) is 11.9. The number of anilines is 2. The van der Waals surface area contributed by atoms with Gasteiger partial charge in [0.05, 0.1) is 15.9 Å². The summed E-state index contributed by atoms with van der Waals surface area (Å²) in [5.74, 6) is 0.758. The second-order valence-corrected chi connectivity index (χ2v) is 11.1. The van der Waals surface area contributed by atoms with Gasteiger partial charge < -0.3 is 9.88 Å². The summed E-state index contributed by atoms with van der Waals surface area (Å²) in [7, 11) is 0. The Morgan fingerprint density at radius 2 is 1.75 bits per heavy atom. The Labute approximate surface area is 218 Å². The summed E-state index contributed by atoms with van der Waals surface area (Å²) in [6.45, 7) is 6.50. The molecule has 6 aromatic rings. The van der Waals surface area contributed by atoms with Crippen LogP contribution in [0.3, 0.4) is 0 Å². The normalized spacial score (nSPS) is 11.6. The number of thiophene rings is 1. The number of benzene rings is 2. The summed E-state index contributed by atoms with van der Waals surface area (Å²) in [5.41, 5.74) is 5.35. The lowest BCUT2D eigenvalue weighted by Gasteiger charge is -2.13. The van der Waals surface area contributed by atoms with Gasteiger partial charge in [0, 0.05) is 44.7 Å². The fourth-order valence-corrected chi connectivity index (χ4v) is 6.23. The van der Waals surface area contributed by atoms with Crippen molar-refractivity contribution in [3.8, 4) is 10.6 Å². The lowest BCUT2D eigenvalue weighted by molar-refractivity contribution is 0.620. The van der Waals surface area contributed by atoms with Crippen molar-refractivity contribution in [2.24, 2.45) is 0 Å². The summed E-state index contributed by atoms with van der Waals surface area (Å²) in [6, 6.07) is 23.5. The highest BCUT2D eigenvalue weighted by Crippen LogP contribution is 2.36. The summed E-state index contributed by atoms with van der Waals surface area (Å²) in [4.78, 5) is 8.05. The largest absolute Gasteiger partial charge is 0.343 e. The zero-order valence-corrected chi connectivity index (χ0v) is 21.9. The van der Waals surface area contributed by atoms with E-state index in [1.165, 1.54) is 20.9 Å². The highest BCUT2D eigenvalue weighted by atomic mass is 32.2. The zero-order valence-electron chi connectivity index (χ0n) is 20.3. The molecule has 0 unspecified atom stereocenters. The number of fused-ring (bicyclic) bond motifs is 2. The van der Waals surface area contributed by atoms with Crippen LogP contribution in [0.1, 0.15) is 25.5 Å². The fourth-order valence-electron chi connectivity index (χ4n) is 4.37. The van der Waals surface area contributed by atoms with E-state index < -0.39 is 0 Å². The molecule has 4 heterocycles. The van der Waals surface area contributed by atoms with Crippen LogP contribution in [0, 0.1) is 6.92 Å². The molecule has 7 heteroatoms. The molecule has 4 aromatic heterocycles. The summed E-state index contributed by atoms with van der Waals surface area (Å²) in [5, 5.41) is 16.9. The predicted molar refractivity (Wildman–Crippen MR) is 152 cm³/mol. The molecule has 5 nitrogen and oxygen atoms in total. The first kappa shape index (κ1) is 22.8. The van der Waals surface area contributed by atoms with Crippen molar-refractivity contribution in [2.45, 2.75) is 36.6 Å². The van der Waals surface area contributed by atoms with Crippen LogP contribution >= 0.6 is 23.1 Å². The van der Waals surface area contributed by atoms with E-state index in [2.05, 4.69) is 118 Å². The predicted octanol–water partition coefficient (Wildman–Crippen LogP) is 8.49. The molecule has 0 saturated heterocycles. The Bertz CT molecular complexity index is 1680. The van der Waals surface area contributed by atoms with Gasteiger partial charge in [-0.15, -0.1) is 21.5 Å². The van der Waals surface area contributed by atoms with Crippen LogP contribution in [0.25, 0.3) is 32.4 Å². The number of rotatable bonds is 6. The Morgan fingerprint density at radius 3 is 2.50 bits per heavy atom. The number of hydrogen-bond acceptors (Lipinski definition) is 6.